The molecule has 0 atom stereocenters. The predicted octanol–water partition coefficient (Wildman–Crippen LogP) is 7.11. The van der Waals surface area contributed by atoms with Crippen LogP contribution in [0.15, 0.2) is 60.9 Å². The second-order valence-corrected chi connectivity index (χ2v) is 8.04. The summed E-state index contributed by atoms with van der Waals surface area (Å²) in [5.74, 6) is -3.89. The van der Waals surface area contributed by atoms with Crippen LogP contribution in [-0.2, 0) is 19.3 Å². The van der Waals surface area contributed by atoms with Gasteiger partial charge in [0, 0.05) is 18.0 Å². The van der Waals surface area contributed by atoms with E-state index in [9.17, 15) is 17.6 Å². The van der Waals surface area contributed by atoms with Gasteiger partial charge in [0.25, 0.3) is 0 Å². The maximum atomic E-state index is 14.7. The zero-order valence-electron chi connectivity index (χ0n) is 19.4. The van der Waals surface area contributed by atoms with Crippen LogP contribution in [0.25, 0.3) is 22.5 Å². The maximum absolute atomic E-state index is 14.7. The van der Waals surface area contributed by atoms with Gasteiger partial charge in [0.15, 0.2) is 29.0 Å². The van der Waals surface area contributed by atoms with E-state index in [4.69, 9.17) is 4.74 Å². The minimum Gasteiger partial charge on any atom is -0.491 e. The van der Waals surface area contributed by atoms with E-state index in [1.54, 1.807) is 43.6 Å². The Labute approximate surface area is 201 Å². The quantitative estimate of drug-likeness (QED) is 0.252. The molecule has 4 aromatic rings. The fraction of sp³-hybridized carbons (Fsp3) is 0.214. The molecule has 0 bridgehead atoms. The molecule has 0 aliphatic rings. The van der Waals surface area contributed by atoms with Gasteiger partial charge in [-0.3, -0.25) is 0 Å². The lowest BCUT2D eigenvalue weighted by Crippen LogP contribution is -2.01. The summed E-state index contributed by atoms with van der Waals surface area (Å²) in [5.41, 5.74) is 2.64. The molecular formula is C28H24F4N2O. The van der Waals surface area contributed by atoms with Crippen LogP contribution in [-0.4, -0.2) is 16.6 Å². The zero-order chi connectivity index (χ0) is 24.9. The van der Waals surface area contributed by atoms with Crippen molar-refractivity contribution >= 4 is 0 Å². The Bertz CT molecular complexity index is 1320. The molecule has 3 aromatic carbocycles. The average molecular weight is 481 g/mol. The van der Waals surface area contributed by atoms with Gasteiger partial charge in [-0.1, -0.05) is 37.3 Å². The molecule has 0 aliphatic carbocycles. The molecule has 180 valence electrons. The molecule has 0 aliphatic heterocycles. The molecule has 0 unspecified atom stereocenters. The summed E-state index contributed by atoms with van der Waals surface area (Å²) < 4.78 is 63.2. The van der Waals surface area contributed by atoms with Gasteiger partial charge in [0.1, 0.15) is 0 Å². The van der Waals surface area contributed by atoms with Crippen molar-refractivity contribution in [1.82, 2.24) is 9.97 Å². The normalized spacial score (nSPS) is 11.0. The van der Waals surface area contributed by atoms with E-state index >= 15 is 0 Å². The SMILES string of the molecule is CCOc1ccc(-c2ccc(CCc3ccc(-c4ncc(CC)cn4)c(F)c3F)cc2)c(F)c1F. The Morgan fingerprint density at radius 2 is 1.31 bits per heavy atom. The smallest absolute Gasteiger partial charge is 0.201 e. The Kier molecular flexibility index (Phi) is 7.44. The summed E-state index contributed by atoms with van der Waals surface area (Å²) >= 11 is 0. The molecule has 0 N–H and O–H groups in total. The summed E-state index contributed by atoms with van der Waals surface area (Å²) in [6, 6.07) is 12.8. The maximum Gasteiger partial charge on any atom is 0.201 e. The predicted molar refractivity (Wildman–Crippen MR) is 127 cm³/mol. The van der Waals surface area contributed by atoms with Gasteiger partial charge in [-0.2, -0.15) is 4.39 Å². The minimum atomic E-state index is -1.03. The number of aromatic nitrogens is 2. The van der Waals surface area contributed by atoms with Crippen molar-refractivity contribution in [2.24, 2.45) is 0 Å². The van der Waals surface area contributed by atoms with Crippen LogP contribution in [0.1, 0.15) is 30.5 Å². The fourth-order valence-corrected chi connectivity index (χ4v) is 3.78. The van der Waals surface area contributed by atoms with Crippen molar-refractivity contribution < 1.29 is 22.3 Å². The Balaban J connectivity index is 1.47. The highest BCUT2D eigenvalue weighted by molar-refractivity contribution is 5.65. The van der Waals surface area contributed by atoms with Crippen LogP contribution >= 0.6 is 0 Å². The Hall–Kier alpha value is -3.74. The lowest BCUT2D eigenvalue weighted by molar-refractivity contribution is 0.314. The van der Waals surface area contributed by atoms with E-state index in [1.807, 2.05) is 6.92 Å². The monoisotopic (exact) mass is 480 g/mol. The van der Waals surface area contributed by atoms with Gasteiger partial charge in [-0.15, -0.1) is 0 Å². The summed E-state index contributed by atoms with van der Waals surface area (Å²) in [7, 11) is 0. The number of nitrogens with zero attached hydrogens (tertiary/aromatic N) is 2. The molecule has 3 nitrogen and oxygen atoms in total. The van der Waals surface area contributed by atoms with Crippen LogP contribution in [0.5, 0.6) is 5.75 Å². The van der Waals surface area contributed by atoms with Crippen molar-refractivity contribution in [2.45, 2.75) is 33.1 Å². The van der Waals surface area contributed by atoms with Crippen molar-refractivity contribution in [3.05, 3.63) is 101 Å². The highest BCUT2D eigenvalue weighted by Gasteiger charge is 2.17. The summed E-state index contributed by atoms with van der Waals surface area (Å²) in [6.07, 6.45) is 4.67. The standard InChI is InChI=1S/C28H24F4N2O/c1-3-17-15-33-28(34-16-17)22-12-11-20(24(29)26(22)31)10-7-18-5-8-19(9-6-18)21-13-14-23(35-4-2)27(32)25(21)30/h5-6,8-9,11-16H,3-4,7,10H2,1-2H3. The second kappa shape index (κ2) is 10.7. The molecule has 1 heterocycles. The van der Waals surface area contributed by atoms with Crippen LogP contribution in [0.3, 0.4) is 0 Å². The van der Waals surface area contributed by atoms with Gasteiger partial charge >= 0.3 is 0 Å². The summed E-state index contributed by atoms with van der Waals surface area (Å²) in [6.45, 7) is 3.88. The first-order valence-electron chi connectivity index (χ1n) is 11.4. The average Bonchev–Trinajstić information content (AvgIpc) is 2.88. The molecule has 0 saturated heterocycles. The topological polar surface area (TPSA) is 35.0 Å². The number of aryl methyl sites for hydroxylation is 3. The van der Waals surface area contributed by atoms with Gasteiger partial charge in [0.05, 0.1) is 12.2 Å². The number of hydrogen-bond acceptors (Lipinski definition) is 3. The van der Waals surface area contributed by atoms with Crippen LogP contribution in [0, 0.1) is 23.3 Å². The minimum absolute atomic E-state index is 0.0165. The third-order valence-electron chi connectivity index (χ3n) is 5.81. The fourth-order valence-electron chi connectivity index (χ4n) is 3.78. The van der Waals surface area contributed by atoms with Gasteiger partial charge in [-0.05, 0) is 66.6 Å². The number of ether oxygens (including phenoxy) is 1. The van der Waals surface area contributed by atoms with E-state index in [0.717, 1.165) is 17.5 Å². The van der Waals surface area contributed by atoms with Gasteiger partial charge in [-0.25, -0.2) is 23.1 Å². The molecule has 4 rings (SSSR count). The van der Waals surface area contributed by atoms with Crippen LogP contribution in [0.2, 0.25) is 0 Å². The first-order chi connectivity index (χ1) is 16.9. The largest absolute Gasteiger partial charge is 0.491 e. The first-order valence-corrected chi connectivity index (χ1v) is 11.4. The lowest BCUT2D eigenvalue weighted by Gasteiger charge is -2.10. The van der Waals surface area contributed by atoms with Gasteiger partial charge < -0.3 is 4.74 Å². The molecule has 0 saturated carbocycles. The molecule has 35 heavy (non-hydrogen) atoms. The van der Waals surface area contributed by atoms with Crippen molar-refractivity contribution in [3.8, 4) is 28.3 Å². The number of rotatable bonds is 8. The third kappa shape index (κ3) is 5.19. The summed E-state index contributed by atoms with van der Waals surface area (Å²) in [5, 5.41) is 0. The number of benzene rings is 3. The molecule has 1 aromatic heterocycles. The number of halogens is 4. The van der Waals surface area contributed by atoms with E-state index in [1.165, 1.54) is 24.3 Å². The van der Waals surface area contributed by atoms with E-state index in [-0.39, 0.29) is 41.3 Å². The van der Waals surface area contributed by atoms with Crippen molar-refractivity contribution in [3.63, 3.8) is 0 Å². The molecule has 0 amide bonds. The molecule has 0 fully saturated rings. The zero-order valence-corrected chi connectivity index (χ0v) is 19.4. The molecular weight excluding hydrogens is 456 g/mol. The molecule has 0 radical (unpaired) electrons. The van der Waals surface area contributed by atoms with Crippen LogP contribution in [0.4, 0.5) is 17.6 Å². The highest BCUT2D eigenvalue weighted by atomic mass is 19.2. The van der Waals surface area contributed by atoms with E-state index in [2.05, 4.69) is 9.97 Å². The van der Waals surface area contributed by atoms with Gasteiger partial charge in [0.2, 0.25) is 5.82 Å². The van der Waals surface area contributed by atoms with Crippen molar-refractivity contribution in [1.29, 1.82) is 0 Å². The summed E-state index contributed by atoms with van der Waals surface area (Å²) in [4.78, 5) is 8.26. The third-order valence-corrected chi connectivity index (χ3v) is 5.81. The Morgan fingerprint density at radius 3 is 1.97 bits per heavy atom. The number of hydrogen-bond donors (Lipinski definition) is 0. The molecule has 0 spiro atoms. The lowest BCUT2D eigenvalue weighted by atomic mass is 9.99. The first kappa shape index (κ1) is 24.4. The van der Waals surface area contributed by atoms with Crippen molar-refractivity contribution in [2.75, 3.05) is 6.61 Å². The van der Waals surface area contributed by atoms with Crippen LogP contribution < -0.4 is 4.74 Å². The molecule has 7 heteroatoms. The Morgan fingerprint density at radius 1 is 0.657 bits per heavy atom. The highest BCUT2D eigenvalue weighted by Crippen LogP contribution is 2.30. The van der Waals surface area contributed by atoms with E-state index in [0.29, 0.717) is 12.0 Å². The van der Waals surface area contributed by atoms with E-state index < -0.39 is 23.3 Å². The second-order valence-electron chi connectivity index (χ2n) is 8.04.